The molecule has 1 N–H and O–H groups in total. The Labute approximate surface area is 115 Å². The number of aliphatic carboxylic acids is 1. The quantitative estimate of drug-likeness (QED) is 0.923. The molecule has 0 fully saturated rings. The Morgan fingerprint density at radius 3 is 2.70 bits per heavy atom. The van der Waals surface area contributed by atoms with E-state index in [1.165, 1.54) is 16.8 Å². The van der Waals surface area contributed by atoms with Gasteiger partial charge in [-0.25, -0.2) is 9.07 Å². The predicted octanol–water partition coefficient (Wildman–Crippen LogP) is 1.90. The molecule has 0 saturated heterocycles. The number of carbonyl (C=O) groups is 1. The lowest BCUT2D eigenvalue weighted by molar-refractivity contribution is -0.147. The Balaban J connectivity index is 2.40. The van der Waals surface area contributed by atoms with Crippen molar-refractivity contribution in [2.45, 2.75) is 27.3 Å². The van der Waals surface area contributed by atoms with E-state index in [9.17, 15) is 9.18 Å². The van der Waals surface area contributed by atoms with Crippen molar-refractivity contribution in [1.82, 2.24) is 20.2 Å². The number of rotatable bonds is 4. The summed E-state index contributed by atoms with van der Waals surface area (Å²) in [6, 6.07) is 4.47. The summed E-state index contributed by atoms with van der Waals surface area (Å²) in [5.74, 6) is -0.983. The molecule has 2 rings (SSSR count). The standard InChI is InChI=1S/C13H15FN4O2/c1-8-4-9(6-10(14)5-8)11-15-16-17-18(11)7-13(2,3)12(19)20/h4-6H,7H2,1-3H3,(H,19,20). The SMILES string of the molecule is Cc1cc(F)cc(-c2nnnn2CC(C)(C)C(=O)O)c1. The number of halogens is 1. The van der Waals surface area contributed by atoms with Crippen LogP contribution in [0.3, 0.4) is 0 Å². The Morgan fingerprint density at radius 2 is 2.10 bits per heavy atom. The molecule has 0 aliphatic carbocycles. The van der Waals surface area contributed by atoms with Crippen LogP contribution in [0, 0.1) is 18.2 Å². The van der Waals surface area contributed by atoms with Gasteiger partial charge in [-0.3, -0.25) is 4.79 Å². The van der Waals surface area contributed by atoms with Crippen LogP contribution in [0.25, 0.3) is 11.4 Å². The molecule has 7 heteroatoms. The maximum atomic E-state index is 13.4. The van der Waals surface area contributed by atoms with Gasteiger partial charge in [0, 0.05) is 5.56 Å². The van der Waals surface area contributed by atoms with Crippen molar-refractivity contribution in [3.05, 3.63) is 29.6 Å². The largest absolute Gasteiger partial charge is 0.481 e. The molecule has 0 saturated carbocycles. The van der Waals surface area contributed by atoms with E-state index in [0.717, 1.165) is 5.56 Å². The molecule has 0 bridgehead atoms. The fourth-order valence-corrected chi connectivity index (χ4v) is 1.83. The summed E-state index contributed by atoms with van der Waals surface area (Å²) in [6.45, 7) is 5.03. The minimum absolute atomic E-state index is 0.0974. The van der Waals surface area contributed by atoms with Crippen LogP contribution in [0.1, 0.15) is 19.4 Å². The molecule has 1 aromatic carbocycles. The number of aryl methyl sites for hydroxylation is 1. The van der Waals surface area contributed by atoms with Crippen LogP contribution in [0.4, 0.5) is 4.39 Å². The number of nitrogens with zero attached hydrogens (tertiary/aromatic N) is 4. The van der Waals surface area contributed by atoms with Gasteiger partial charge in [0.15, 0.2) is 5.82 Å². The Morgan fingerprint density at radius 1 is 1.40 bits per heavy atom. The monoisotopic (exact) mass is 278 g/mol. The molecule has 1 aromatic heterocycles. The first kappa shape index (κ1) is 14.1. The van der Waals surface area contributed by atoms with Gasteiger partial charge in [0.05, 0.1) is 12.0 Å². The summed E-state index contributed by atoms with van der Waals surface area (Å²) < 4.78 is 14.8. The molecule has 0 aliphatic heterocycles. The van der Waals surface area contributed by atoms with Crippen molar-refractivity contribution >= 4 is 5.97 Å². The van der Waals surface area contributed by atoms with Crippen LogP contribution >= 0.6 is 0 Å². The Kier molecular flexibility index (Phi) is 3.52. The maximum absolute atomic E-state index is 13.4. The number of aromatic nitrogens is 4. The smallest absolute Gasteiger partial charge is 0.310 e. The second-order valence-electron chi connectivity index (χ2n) is 5.37. The first-order valence-corrected chi connectivity index (χ1v) is 6.07. The molecule has 2 aromatic rings. The molecule has 0 radical (unpaired) electrons. The average Bonchev–Trinajstić information content (AvgIpc) is 2.74. The van der Waals surface area contributed by atoms with Crippen molar-refractivity contribution in [2.24, 2.45) is 5.41 Å². The number of hydrogen-bond acceptors (Lipinski definition) is 4. The van der Waals surface area contributed by atoms with Gasteiger partial charge < -0.3 is 5.11 Å². The highest BCUT2D eigenvalue weighted by atomic mass is 19.1. The summed E-state index contributed by atoms with van der Waals surface area (Å²) in [6.07, 6.45) is 0. The highest BCUT2D eigenvalue weighted by Gasteiger charge is 2.29. The molecule has 106 valence electrons. The number of tetrazole rings is 1. The van der Waals surface area contributed by atoms with Crippen molar-refractivity contribution in [2.75, 3.05) is 0 Å². The Bertz CT molecular complexity index is 631. The number of hydrogen-bond donors (Lipinski definition) is 1. The normalized spacial score (nSPS) is 11.6. The predicted molar refractivity (Wildman–Crippen MR) is 69.4 cm³/mol. The molecule has 6 nitrogen and oxygen atoms in total. The van der Waals surface area contributed by atoms with E-state index in [0.29, 0.717) is 11.4 Å². The molecular formula is C13H15FN4O2. The zero-order chi connectivity index (χ0) is 14.9. The highest BCUT2D eigenvalue weighted by Crippen LogP contribution is 2.23. The van der Waals surface area contributed by atoms with Crippen molar-refractivity contribution < 1.29 is 14.3 Å². The van der Waals surface area contributed by atoms with Gasteiger partial charge in [-0.1, -0.05) is 0 Å². The van der Waals surface area contributed by atoms with Crippen LogP contribution in [0.2, 0.25) is 0 Å². The van der Waals surface area contributed by atoms with Crippen LogP contribution in [-0.4, -0.2) is 31.3 Å². The third kappa shape index (κ3) is 2.81. The second kappa shape index (κ2) is 4.99. The van der Waals surface area contributed by atoms with Crippen molar-refractivity contribution in [3.8, 4) is 11.4 Å². The van der Waals surface area contributed by atoms with E-state index >= 15 is 0 Å². The minimum Gasteiger partial charge on any atom is -0.481 e. The zero-order valence-corrected chi connectivity index (χ0v) is 11.5. The third-order valence-electron chi connectivity index (χ3n) is 2.96. The van der Waals surface area contributed by atoms with Crippen LogP contribution in [0.15, 0.2) is 18.2 Å². The summed E-state index contributed by atoms with van der Waals surface area (Å²) in [4.78, 5) is 11.2. The first-order chi connectivity index (χ1) is 9.29. The van der Waals surface area contributed by atoms with E-state index in [4.69, 9.17) is 5.11 Å². The number of benzene rings is 1. The van der Waals surface area contributed by atoms with Gasteiger partial charge >= 0.3 is 5.97 Å². The molecule has 0 atom stereocenters. The summed E-state index contributed by atoms with van der Waals surface area (Å²) in [5, 5.41) is 20.3. The average molecular weight is 278 g/mol. The fraction of sp³-hybridized carbons (Fsp3) is 0.385. The summed E-state index contributed by atoms with van der Waals surface area (Å²) in [7, 11) is 0. The lowest BCUT2D eigenvalue weighted by Crippen LogP contribution is -2.30. The fourth-order valence-electron chi connectivity index (χ4n) is 1.83. The summed E-state index contributed by atoms with van der Waals surface area (Å²) in [5.41, 5.74) is 0.243. The van der Waals surface area contributed by atoms with E-state index in [-0.39, 0.29) is 12.4 Å². The topological polar surface area (TPSA) is 80.9 Å². The minimum atomic E-state index is -1.02. The van der Waals surface area contributed by atoms with Crippen LogP contribution < -0.4 is 0 Å². The molecule has 0 unspecified atom stereocenters. The van der Waals surface area contributed by atoms with Crippen molar-refractivity contribution in [1.29, 1.82) is 0 Å². The molecule has 0 spiro atoms. The van der Waals surface area contributed by atoms with E-state index in [1.807, 2.05) is 0 Å². The van der Waals surface area contributed by atoms with E-state index in [1.54, 1.807) is 26.8 Å². The highest BCUT2D eigenvalue weighted by molar-refractivity contribution is 5.73. The molecular weight excluding hydrogens is 263 g/mol. The third-order valence-corrected chi connectivity index (χ3v) is 2.96. The molecule has 0 amide bonds. The van der Waals surface area contributed by atoms with Gasteiger partial charge in [-0.05, 0) is 55.0 Å². The lowest BCUT2D eigenvalue weighted by atomic mass is 9.94. The maximum Gasteiger partial charge on any atom is 0.310 e. The van der Waals surface area contributed by atoms with E-state index < -0.39 is 11.4 Å². The van der Waals surface area contributed by atoms with Crippen LogP contribution in [0.5, 0.6) is 0 Å². The lowest BCUT2D eigenvalue weighted by Gasteiger charge is -2.19. The summed E-state index contributed by atoms with van der Waals surface area (Å²) >= 11 is 0. The van der Waals surface area contributed by atoms with Gasteiger partial charge in [-0.2, -0.15) is 0 Å². The first-order valence-electron chi connectivity index (χ1n) is 6.07. The van der Waals surface area contributed by atoms with Gasteiger partial charge in [0.2, 0.25) is 0 Å². The van der Waals surface area contributed by atoms with Gasteiger partial charge in [0.25, 0.3) is 0 Å². The van der Waals surface area contributed by atoms with Gasteiger partial charge in [0.1, 0.15) is 5.82 Å². The Hall–Kier alpha value is -2.31. The molecule has 1 heterocycles. The molecule has 0 aliphatic rings. The second-order valence-corrected chi connectivity index (χ2v) is 5.37. The van der Waals surface area contributed by atoms with Gasteiger partial charge in [-0.15, -0.1) is 5.10 Å². The molecule has 20 heavy (non-hydrogen) atoms. The number of carboxylic acid groups (broad SMARTS) is 1. The van der Waals surface area contributed by atoms with Crippen LogP contribution in [-0.2, 0) is 11.3 Å². The number of carboxylic acids is 1. The van der Waals surface area contributed by atoms with Crippen molar-refractivity contribution in [3.63, 3.8) is 0 Å². The van der Waals surface area contributed by atoms with E-state index in [2.05, 4.69) is 15.5 Å². The zero-order valence-electron chi connectivity index (χ0n) is 11.5.